The van der Waals surface area contributed by atoms with Gasteiger partial charge in [-0.1, -0.05) is 35.9 Å². The van der Waals surface area contributed by atoms with Crippen LogP contribution in [0.1, 0.15) is 46.1 Å². The highest BCUT2D eigenvalue weighted by Crippen LogP contribution is 2.15. The number of allylic oxidation sites excluding steroid dienone is 2. The van der Waals surface area contributed by atoms with Crippen LogP contribution in [-0.4, -0.2) is 26.3 Å². The Labute approximate surface area is 157 Å². The Hall–Kier alpha value is -2.07. The van der Waals surface area contributed by atoms with Gasteiger partial charge in [-0.25, -0.2) is 0 Å². The Morgan fingerprint density at radius 1 is 1.08 bits per heavy atom. The average Bonchev–Trinajstić information content (AvgIpc) is 2.61. The smallest absolute Gasteiger partial charge is 0.311 e. The van der Waals surface area contributed by atoms with Gasteiger partial charge in [0.1, 0.15) is 12.4 Å². The van der Waals surface area contributed by atoms with Crippen LogP contribution in [-0.2, 0) is 20.9 Å². The number of carbonyl (C=O) groups excluding carboxylic acids is 1. The zero-order valence-corrected chi connectivity index (χ0v) is 16.7. The van der Waals surface area contributed by atoms with Crippen molar-refractivity contribution in [1.29, 1.82) is 0 Å². The number of benzene rings is 1. The normalized spacial score (nSPS) is 12.4. The van der Waals surface area contributed by atoms with Crippen LogP contribution in [0.3, 0.4) is 0 Å². The quantitative estimate of drug-likeness (QED) is 0.331. The number of methoxy groups -OCH3 is 1. The lowest BCUT2D eigenvalue weighted by Crippen LogP contribution is -2.22. The van der Waals surface area contributed by atoms with E-state index in [1.54, 1.807) is 7.11 Å². The number of rotatable bonds is 10. The van der Waals surface area contributed by atoms with E-state index in [0.717, 1.165) is 24.2 Å². The Kier molecular flexibility index (Phi) is 9.74. The number of esters is 1. The fraction of sp³-hybridized carbons (Fsp3) is 0.500. The van der Waals surface area contributed by atoms with Gasteiger partial charge >= 0.3 is 5.97 Å². The molecular weight excluding hydrogens is 328 g/mol. The van der Waals surface area contributed by atoms with Crippen LogP contribution in [0.25, 0.3) is 0 Å². The van der Waals surface area contributed by atoms with Crippen molar-refractivity contribution in [1.82, 2.24) is 0 Å². The maximum atomic E-state index is 11.6. The molecule has 1 aromatic rings. The largest absolute Gasteiger partial charge is 0.497 e. The molecular formula is C22H32O4. The predicted molar refractivity (Wildman–Crippen MR) is 105 cm³/mol. The first-order valence-electron chi connectivity index (χ1n) is 9.01. The molecule has 0 heterocycles. The molecule has 144 valence electrons. The molecule has 0 aliphatic carbocycles. The molecule has 26 heavy (non-hydrogen) atoms. The molecule has 0 fully saturated rings. The summed E-state index contributed by atoms with van der Waals surface area (Å²) >= 11 is 0. The number of ether oxygens (including phenoxy) is 3. The van der Waals surface area contributed by atoms with E-state index in [1.165, 1.54) is 5.57 Å². The van der Waals surface area contributed by atoms with Gasteiger partial charge in [0.15, 0.2) is 0 Å². The van der Waals surface area contributed by atoms with Crippen molar-refractivity contribution in [3.8, 4) is 5.75 Å². The van der Waals surface area contributed by atoms with Crippen LogP contribution in [0.15, 0.2) is 48.1 Å². The second kappa shape index (κ2) is 11.5. The molecule has 4 heteroatoms. The van der Waals surface area contributed by atoms with Crippen molar-refractivity contribution in [2.45, 2.75) is 47.1 Å². The molecule has 0 aliphatic heterocycles. The average molecular weight is 360 g/mol. The van der Waals surface area contributed by atoms with Crippen molar-refractivity contribution in [2.75, 3.05) is 20.3 Å². The summed E-state index contributed by atoms with van der Waals surface area (Å²) in [5, 5.41) is 0. The van der Waals surface area contributed by atoms with Crippen molar-refractivity contribution in [2.24, 2.45) is 5.41 Å². The van der Waals surface area contributed by atoms with Gasteiger partial charge in [0.2, 0.25) is 0 Å². The summed E-state index contributed by atoms with van der Waals surface area (Å²) < 4.78 is 16.0. The lowest BCUT2D eigenvalue weighted by molar-refractivity contribution is -0.151. The van der Waals surface area contributed by atoms with Crippen LogP contribution in [0.5, 0.6) is 5.75 Å². The van der Waals surface area contributed by atoms with Gasteiger partial charge < -0.3 is 14.2 Å². The van der Waals surface area contributed by atoms with Crippen LogP contribution < -0.4 is 4.74 Å². The van der Waals surface area contributed by atoms with Gasteiger partial charge in [0, 0.05) is 0 Å². The molecule has 0 aliphatic rings. The fourth-order valence-electron chi connectivity index (χ4n) is 2.04. The first-order valence-corrected chi connectivity index (χ1v) is 9.01. The molecule has 0 spiro atoms. The van der Waals surface area contributed by atoms with Gasteiger partial charge in [-0.15, -0.1) is 0 Å². The van der Waals surface area contributed by atoms with Crippen LogP contribution >= 0.6 is 0 Å². The van der Waals surface area contributed by atoms with Crippen molar-refractivity contribution in [3.63, 3.8) is 0 Å². The van der Waals surface area contributed by atoms with Crippen molar-refractivity contribution < 1.29 is 19.0 Å². The van der Waals surface area contributed by atoms with E-state index < -0.39 is 5.41 Å². The Balaban J connectivity index is 2.15. The second-order valence-corrected chi connectivity index (χ2v) is 7.27. The molecule has 0 saturated carbocycles. The number of hydrogen-bond donors (Lipinski definition) is 0. The van der Waals surface area contributed by atoms with Gasteiger partial charge in [-0.3, -0.25) is 4.79 Å². The van der Waals surface area contributed by atoms with E-state index in [1.807, 2.05) is 57.2 Å². The lowest BCUT2D eigenvalue weighted by atomic mass is 9.97. The van der Waals surface area contributed by atoms with Crippen molar-refractivity contribution >= 4 is 5.97 Å². The second-order valence-electron chi connectivity index (χ2n) is 7.27. The molecule has 1 aromatic carbocycles. The maximum Gasteiger partial charge on any atom is 0.311 e. The first-order chi connectivity index (χ1) is 12.3. The van der Waals surface area contributed by atoms with Gasteiger partial charge in [-0.2, -0.15) is 0 Å². The summed E-state index contributed by atoms with van der Waals surface area (Å²) in [5.74, 6) is 0.679. The highest BCUT2D eigenvalue weighted by atomic mass is 16.5. The molecule has 0 aromatic heterocycles. The summed E-state index contributed by atoms with van der Waals surface area (Å²) in [6, 6.07) is 7.88. The molecule has 0 bridgehead atoms. The van der Waals surface area contributed by atoms with Gasteiger partial charge in [0.25, 0.3) is 0 Å². The summed E-state index contributed by atoms with van der Waals surface area (Å²) in [6.45, 7) is 9.18. The molecule has 1 rings (SSSR count). The van der Waals surface area contributed by atoms with E-state index in [-0.39, 0.29) is 5.97 Å². The zero-order valence-electron chi connectivity index (χ0n) is 16.7. The van der Waals surface area contributed by atoms with E-state index in [2.05, 4.69) is 13.0 Å². The van der Waals surface area contributed by atoms with Crippen molar-refractivity contribution in [3.05, 3.63) is 53.6 Å². The molecule has 0 radical (unpaired) electrons. The highest BCUT2D eigenvalue weighted by Gasteiger charge is 2.22. The lowest BCUT2D eigenvalue weighted by Gasteiger charge is -2.15. The predicted octanol–water partition coefficient (Wildman–Crippen LogP) is 5.08. The minimum absolute atomic E-state index is 0.174. The number of carbonyl (C=O) groups is 1. The minimum Gasteiger partial charge on any atom is -0.497 e. The van der Waals surface area contributed by atoms with E-state index in [4.69, 9.17) is 14.2 Å². The molecule has 4 nitrogen and oxygen atoms in total. The minimum atomic E-state index is -0.445. The first kappa shape index (κ1) is 22.0. The van der Waals surface area contributed by atoms with E-state index in [9.17, 15) is 4.79 Å². The summed E-state index contributed by atoms with van der Waals surface area (Å²) in [4.78, 5) is 11.6. The third kappa shape index (κ3) is 9.42. The monoisotopic (exact) mass is 360 g/mol. The Morgan fingerprint density at radius 3 is 2.38 bits per heavy atom. The zero-order chi connectivity index (χ0) is 19.4. The summed E-state index contributed by atoms with van der Waals surface area (Å²) in [7, 11) is 1.66. The summed E-state index contributed by atoms with van der Waals surface area (Å²) in [5.41, 5.74) is 1.97. The Bertz CT molecular complexity index is 592. The maximum absolute atomic E-state index is 11.6. The van der Waals surface area contributed by atoms with Crippen LogP contribution in [0.2, 0.25) is 0 Å². The third-order valence-electron chi connectivity index (χ3n) is 3.77. The molecule has 0 amide bonds. The van der Waals surface area contributed by atoms with E-state index in [0.29, 0.717) is 19.8 Å². The third-order valence-corrected chi connectivity index (χ3v) is 3.77. The fourth-order valence-corrected chi connectivity index (χ4v) is 2.04. The van der Waals surface area contributed by atoms with Gasteiger partial charge in [0.05, 0.1) is 25.7 Å². The molecule has 0 unspecified atom stereocenters. The molecule has 0 saturated heterocycles. The van der Waals surface area contributed by atoms with Crippen LogP contribution in [0, 0.1) is 5.41 Å². The highest BCUT2D eigenvalue weighted by molar-refractivity contribution is 5.75. The van der Waals surface area contributed by atoms with Gasteiger partial charge in [-0.05, 0) is 58.2 Å². The molecule has 0 atom stereocenters. The number of hydrogen-bond acceptors (Lipinski definition) is 4. The topological polar surface area (TPSA) is 44.8 Å². The Morgan fingerprint density at radius 2 is 1.77 bits per heavy atom. The summed E-state index contributed by atoms with van der Waals surface area (Å²) in [6.07, 6.45) is 7.95. The molecule has 0 N–H and O–H groups in total. The van der Waals surface area contributed by atoms with E-state index >= 15 is 0 Å². The standard InChI is InChI=1S/C22H32O4/c1-18(9-7-6-8-15-26-21(23)22(2,3)4)14-16-25-17-19-10-12-20(24-5)13-11-19/h6,8,10-14H,7,9,15-17H2,1-5H3/b8-6-,18-14-. The SMILES string of the molecule is COc1ccc(COC/C=C(/C)CC/C=C\COC(=O)C(C)(C)C)cc1. The van der Waals surface area contributed by atoms with Crippen LogP contribution in [0.4, 0.5) is 0 Å².